The van der Waals surface area contributed by atoms with E-state index in [-0.39, 0.29) is 5.91 Å². The van der Waals surface area contributed by atoms with Gasteiger partial charge in [0.2, 0.25) is 5.91 Å². The summed E-state index contributed by atoms with van der Waals surface area (Å²) in [6.07, 6.45) is 1.02. The fourth-order valence-corrected chi connectivity index (χ4v) is 1.80. The molecule has 0 unspecified atom stereocenters. The van der Waals surface area contributed by atoms with Crippen molar-refractivity contribution in [2.75, 3.05) is 13.1 Å². The lowest BCUT2D eigenvalue weighted by Gasteiger charge is -2.15. The first-order valence-electron chi connectivity index (χ1n) is 6.12. The third-order valence-corrected chi connectivity index (χ3v) is 2.78. The van der Waals surface area contributed by atoms with Crippen molar-refractivity contribution < 1.29 is 4.79 Å². The summed E-state index contributed by atoms with van der Waals surface area (Å²) < 4.78 is 0. The summed E-state index contributed by atoms with van der Waals surface area (Å²) in [5, 5.41) is 6.17. The van der Waals surface area contributed by atoms with Crippen molar-refractivity contribution in [3.8, 4) is 0 Å². The van der Waals surface area contributed by atoms with Gasteiger partial charge in [0, 0.05) is 26.1 Å². The summed E-state index contributed by atoms with van der Waals surface area (Å²) in [4.78, 5) is 10.7. The molecule has 0 aliphatic rings. The Labute approximate surface area is 104 Å². The molecule has 0 fully saturated rings. The fourth-order valence-electron chi connectivity index (χ4n) is 1.80. The van der Waals surface area contributed by atoms with Crippen LogP contribution in [0.1, 0.15) is 25.0 Å². The van der Waals surface area contributed by atoms with Gasteiger partial charge in [-0.25, -0.2) is 0 Å². The molecule has 0 radical (unpaired) electrons. The largest absolute Gasteiger partial charge is 0.355 e. The SMILES string of the molecule is CC(=O)NCCN[C@H](C)Cc1ccccc1C. The van der Waals surface area contributed by atoms with Crippen LogP contribution in [0.5, 0.6) is 0 Å². The second-order valence-electron chi connectivity index (χ2n) is 4.47. The van der Waals surface area contributed by atoms with Crippen LogP contribution in [0.15, 0.2) is 24.3 Å². The van der Waals surface area contributed by atoms with Gasteiger partial charge in [-0.05, 0) is 31.4 Å². The molecule has 2 N–H and O–H groups in total. The standard InChI is InChI=1S/C14H22N2O/c1-11-6-4-5-7-14(11)10-12(2)15-8-9-16-13(3)17/h4-7,12,15H,8-10H2,1-3H3,(H,16,17)/t12-/m1/s1. The maximum Gasteiger partial charge on any atom is 0.216 e. The van der Waals surface area contributed by atoms with Gasteiger partial charge in [-0.1, -0.05) is 24.3 Å². The topological polar surface area (TPSA) is 41.1 Å². The minimum absolute atomic E-state index is 0.0263. The van der Waals surface area contributed by atoms with E-state index >= 15 is 0 Å². The van der Waals surface area contributed by atoms with Crippen LogP contribution in [-0.2, 0) is 11.2 Å². The predicted octanol–water partition coefficient (Wildman–Crippen LogP) is 1.65. The number of hydrogen-bond donors (Lipinski definition) is 2. The third-order valence-electron chi connectivity index (χ3n) is 2.78. The molecule has 1 rings (SSSR count). The van der Waals surface area contributed by atoms with Crippen molar-refractivity contribution in [1.29, 1.82) is 0 Å². The van der Waals surface area contributed by atoms with E-state index in [1.165, 1.54) is 18.1 Å². The van der Waals surface area contributed by atoms with Gasteiger partial charge in [0.15, 0.2) is 0 Å². The Morgan fingerprint density at radius 1 is 1.29 bits per heavy atom. The highest BCUT2D eigenvalue weighted by Crippen LogP contribution is 2.09. The number of nitrogens with one attached hydrogen (secondary N) is 2. The molecule has 0 saturated heterocycles. The van der Waals surface area contributed by atoms with Crippen molar-refractivity contribution in [2.24, 2.45) is 0 Å². The lowest BCUT2D eigenvalue weighted by molar-refractivity contribution is -0.118. The monoisotopic (exact) mass is 234 g/mol. The smallest absolute Gasteiger partial charge is 0.216 e. The van der Waals surface area contributed by atoms with Crippen LogP contribution in [-0.4, -0.2) is 25.0 Å². The van der Waals surface area contributed by atoms with Gasteiger partial charge in [-0.2, -0.15) is 0 Å². The minimum atomic E-state index is 0.0263. The lowest BCUT2D eigenvalue weighted by atomic mass is 10.0. The molecule has 1 aromatic carbocycles. The second-order valence-corrected chi connectivity index (χ2v) is 4.47. The first kappa shape index (κ1) is 13.7. The molecule has 0 spiro atoms. The first-order chi connectivity index (χ1) is 8.09. The number of benzene rings is 1. The van der Waals surface area contributed by atoms with E-state index in [2.05, 4.69) is 48.7 Å². The van der Waals surface area contributed by atoms with Gasteiger partial charge < -0.3 is 10.6 Å². The van der Waals surface area contributed by atoms with Crippen LogP contribution in [0.3, 0.4) is 0 Å². The van der Waals surface area contributed by atoms with E-state index in [4.69, 9.17) is 0 Å². The molecule has 0 heterocycles. The summed E-state index contributed by atoms with van der Waals surface area (Å²) >= 11 is 0. The first-order valence-corrected chi connectivity index (χ1v) is 6.12. The molecular weight excluding hydrogens is 212 g/mol. The zero-order valence-electron chi connectivity index (χ0n) is 10.9. The van der Waals surface area contributed by atoms with E-state index < -0.39 is 0 Å². The van der Waals surface area contributed by atoms with Crippen LogP contribution in [0, 0.1) is 6.92 Å². The van der Waals surface area contributed by atoms with Gasteiger partial charge in [-0.15, -0.1) is 0 Å². The Kier molecular flexibility index (Phi) is 5.70. The quantitative estimate of drug-likeness (QED) is 0.735. The Bertz CT molecular complexity index is 363. The molecule has 0 aromatic heterocycles. The Hall–Kier alpha value is -1.35. The molecule has 0 saturated carbocycles. The van der Waals surface area contributed by atoms with Gasteiger partial charge in [0.25, 0.3) is 0 Å². The minimum Gasteiger partial charge on any atom is -0.355 e. The van der Waals surface area contributed by atoms with Gasteiger partial charge in [0.05, 0.1) is 0 Å². The Balaban J connectivity index is 2.27. The number of carbonyl (C=O) groups is 1. The summed E-state index contributed by atoms with van der Waals surface area (Å²) in [7, 11) is 0. The number of amides is 1. The van der Waals surface area contributed by atoms with Crippen LogP contribution in [0.25, 0.3) is 0 Å². The van der Waals surface area contributed by atoms with Crippen LogP contribution >= 0.6 is 0 Å². The Morgan fingerprint density at radius 2 is 2.00 bits per heavy atom. The molecule has 0 bridgehead atoms. The van der Waals surface area contributed by atoms with E-state index in [9.17, 15) is 4.79 Å². The van der Waals surface area contributed by atoms with Crippen molar-refractivity contribution in [3.63, 3.8) is 0 Å². The van der Waals surface area contributed by atoms with Crippen LogP contribution in [0.4, 0.5) is 0 Å². The highest BCUT2D eigenvalue weighted by molar-refractivity contribution is 5.72. The van der Waals surface area contributed by atoms with Crippen molar-refractivity contribution in [2.45, 2.75) is 33.2 Å². The average Bonchev–Trinajstić information content (AvgIpc) is 2.27. The number of carbonyl (C=O) groups excluding carboxylic acids is 1. The third kappa shape index (κ3) is 5.50. The maximum absolute atomic E-state index is 10.7. The summed E-state index contributed by atoms with van der Waals surface area (Å²) in [6, 6.07) is 8.87. The zero-order valence-corrected chi connectivity index (χ0v) is 10.9. The highest BCUT2D eigenvalue weighted by atomic mass is 16.1. The second kappa shape index (κ2) is 7.07. The molecule has 1 atom stereocenters. The van der Waals surface area contributed by atoms with E-state index in [1.807, 2.05) is 0 Å². The van der Waals surface area contributed by atoms with Gasteiger partial charge in [-0.3, -0.25) is 4.79 Å². The van der Waals surface area contributed by atoms with Crippen molar-refractivity contribution in [1.82, 2.24) is 10.6 Å². The van der Waals surface area contributed by atoms with E-state index in [1.54, 1.807) is 0 Å². The van der Waals surface area contributed by atoms with Crippen molar-refractivity contribution >= 4 is 5.91 Å². The highest BCUT2D eigenvalue weighted by Gasteiger charge is 2.04. The van der Waals surface area contributed by atoms with Gasteiger partial charge in [0.1, 0.15) is 0 Å². The molecule has 17 heavy (non-hydrogen) atoms. The predicted molar refractivity (Wildman–Crippen MR) is 71.0 cm³/mol. The van der Waals surface area contributed by atoms with Crippen LogP contribution < -0.4 is 10.6 Å². The molecule has 3 heteroatoms. The molecule has 1 aromatic rings. The van der Waals surface area contributed by atoms with Crippen LogP contribution in [0.2, 0.25) is 0 Å². The van der Waals surface area contributed by atoms with E-state index in [0.29, 0.717) is 12.6 Å². The summed E-state index contributed by atoms with van der Waals surface area (Å²) in [5.41, 5.74) is 2.72. The molecule has 0 aliphatic heterocycles. The normalized spacial score (nSPS) is 12.2. The maximum atomic E-state index is 10.7. The zero-order chi connectivity index (χ0) is 12.7. The molecule has 0 aliphatic carbocycles. The number of aryl methyl sites for hydroxylation is 1. The number of rotatable bonds is 6. The lowest BCUT2D eigenvalue weighted by Crippen LogP contribution is -2.36. The average molecular weight is 234 g/mol. The Morgan fingerprint density at radius 3 is 2.65 bits per heavy atom. The molecule has 3 nitrogen and oxygen atoms in total. The summed E-state index contributed by atoms with van der Waals surface area (Å²) in [5.74, 6) is 0.0263. The van der Waals surface area contributed by atoms with E-state index in [0.717, 1.165) is 13.0 Å². The molecule has 1 amide bonds. The molecule has 94 valence electrons. The van der Waals surface area contributed by atoms with Gasteiger partial charge >= 0.3 is 0 Å². The number of hydrogen-bond acceptors (Lipinski definition) is 2. The summed E-state index contributed by atoms with van der Waals surface area (Å²) in [6.45, 7) is 7.34. The fraction of sp³-hybridized carbons (Fsp3) is 0.500. The molecular formula is C14H22N2O. The van der Waals surface area contributed by atoms with Crippen molar-refractivity contribution in [3.05, 3.63) is 35.4 Å².